The van der Waals surface area contributed by atoms with Crippen LogP contribution in [0.1, 0.15) is 21.8 Å². The van der Waals surface area contributed by atoms with Crippen molar-refractivity contribution in [2.75, 3.05) is 0 Å². The van der Waals surface area contributed by atoms with Crippen LogP contribution in [0.5, 0.6) is 0 Å². The molecule has 1 aromatic heterocycles. The standard InChI is InChI=1S/C12H11NO5S/c1-8-4-2-3-5-11(8)19(16,17)7-9-6-10(12(14)15)13-18-9/h2-6H,7H2,1H3,(H,14,15). The molecule has 0 radical (unpaired) electrons. The van der Waals surface area contributed by atoms with Gasteiger partial charge in [0.1, 0.15) is 5.75 Å². The second-order valence-electron chi connectivity index (χ2n) is 4.01. The van der Waals surface area contributed by atoms with Crippen molar-refractivity contribution in [1.82, 2.24) is 5.16 Å². The Morgan fingerprint density at radius 3 is 2.63 bits per heavy atom. The molecule has 0 atom stereocenters. The fourth-order valence-corrected chi connectivity index (χ4v) is 3.16. The van der Waals surface area contributed by atoms with Crippen LogP contribution in [0.2, 0.25) is 0 Å². The van der Waals surface area contributed by atoms with Crippen molar-refractivity contribution in [3.63, 3.8) is 0 Å². The van der Waals surface area contributed by atoms with E-state index in [0.717, 1.165) is 6.07 Å². The van der Waals surface area contributed by atoms with E-state index in [1.807, 2.05) is 0 Å². The number of sulfone groups is 1. The van der Waals surface area contributed by atoms with Crippen molar-refractivity contribution < 1.29 is 22.8 Å². The number of carboxylic acids is 1. The first-order chi connectivity index (χ1) is 8.90. The Balaban J connectivity index is 2.31. The lowest BCUT2D eigenvalue weighted by Gasteiger charge is -2.05. The minimum absolute atomic E-state index is 0.000605. The zero-order chi connectivity index (χ0) is 14.0. The van der Waals surface area contributed by atoms with Gasteiger partial charge in [0.05, 0.1) is 4.90 Å². The average molecular weight is 281 g/mol. The summed E-state index contributed by atoms with van der Waals surface area (Å²) in [6.07, 6.45) is 0. The molecule has 1 N–H and O–H groups in total. The zero-order valence-corrected chi connectivity index (χ0v) is 10.8. The number of aromatic carboxylic acids is 1. The average Bonchev–Trinajstić information content (AvgIpc) is 2.77. The van der Waals surface area contributed by atoms with Gasteiger partial charge in [-0.3, -0.25) is 0 Å². The summed E-state index contributed by atoms with van der Waals surface area (Å²) in [6, 6.07) is 7.67. The molecule has 2 aromatic rings. The number of hydrogen-bond acceptors (Lipinski definition) is 5. The van der Waals surface area contributed by atoms with Gasteiger partial charge in [0.2, 0.25) is 0 Å². The maximum atomic E-state index is 12.2. The fraction of sp³-hybridized carbons (Fsp3) is 0.167. The molecule has 0 bridgehead atoms. The number of carbonyl (C=O) groups is 1. The molecule has 2 rings (SSSR count). The Bertz CT molecular complexity index is 717. The number of aryl methyl sites for hydroxylation is 1. The predicted molar refractivity (Wildman–Crippen MR) is 65.5 cm³/mol. The molecule has 0 aliphatic heterocycles. The van der Waals surface area contributed by atoms with Gasteiger partial charge in [0.25, 0.3) is 0 Å². The fourth-order valence-electron chi connectivity index (χ4n) is 1.65. The summed E-state index contributed by atoms with van der Waals surface area (Å²) in [5, 5.41) is 12.0. The first-order valence-electron chi connectivity index (χ1n) is 5.37. The molecule has 0 unspecified atom stereocenters. The van der Waals surface area contributed by atoms with Crippen molar-refractivity contribution >= 4 is 15.8 Å². The Hall–Kier alpha value is -2.15. The second-order valence-corrected chi connectivity index (χ2v) is 5.97. The van der Waals surface area contributed by atoms with E-state index >= 15 is 0 Å². The van der Waals surface area contributed by atoms with Crippen LogP contribution in [0.25, 0.3) is 0 Å². The molecule has 0 amide bonds. The van der Waals surface area contributed by atoms with Crippen molar-refractivity contribution in [3.8, 4) is 0 Å². The van der Waals surface area contributed by atoms with Gasteiger partial charge in [-0.15, -0.1) is 0 Å². The van der Waals surface area contributed by atoms with E-state index in [1.165, 1.54) is 6.07 Å². The van der Waals surface area contributed by atoms with Crippen LogP contribution in [0, 0.1) is 6.92 Å². The lowest BCUT2D eigenvalue weighted by Crippen LogP contribution is -2.06. The molecule has 0 aliphatic rings. The monoisotopic (exact) mass is 281 g/mol. The maximum absolute atomic E-state index is 12.2. The van der Waals surface area contributed by atoms with E-state index in [2.05, 4.69) is 5.16 Å². The highest BCUT2D eigenvalue weighted by molar-refractivity contribution is 7.90. The summed E-state index contributed by atoms with van der Waals surface area (Å²) in [5.41, 5.74) is 0.315. The molecule has 6 nitrogen and oxygen atoms in total. The predicted octanol–water partition coefficient (Wildman–Crippen LogP) is 1.66. The number of carboxylic acid groups (broad SMARTS) is 1. The summed E-state index contributed by atoms with van der Waals surface area (Å²) < 4.78 is 29.0. The van der Waals surface area contributed by atoms with E-state index in [1.54, 1.807) is 25.1 Å². The Morgan fingerprint density at radius 2 is 2.05 bits per heavy atom. The molecule has 1 heterocycles. The van der Waals surface area contributed by atoms with E-state index < -0.39 is 21.6 Å². The van der Waals surface area contributed by atoms with E-state index in [4.69, 9.17) is 9.63 Å². The van der Waals surface area contributed by atoms with Crippen LogP contribution in [-0.2, 0) is 15.6 Å². The molecule has 7 heteroatoms. The molecule has 0 fully saturated rings. The van der Waals surface area contributed by atoms with Gasteiger partial charge in [0.15, 0.2) is 21.3 Å². The van der Waals surface area contributed by atoms with Gasteiger partial charge in [-0.2, -0.15) is 0 Å². The number of rotatable bonds is 4. The van der Waals surface area contributed by atoms with Gasteiger partial charge >= 0.3 is 5.97 Å². The number of nitrogens with zero attached hydrogens (tertiary/aromatic N) is 1. The summed E-state index contributed by atoms with van der Waals surface area (Å²) in [7, 11) is -3.58. The summed E-state index contributed by atoms with van der Waals surface area (Å²) in [5.74, 6) is -1.68. The van der Waals surface area contributed by atoms with Crippen LogP contribution in [-0.4, -0.2) is 24.7 Å². The van der Waals surface area contributed by atoms with Crippen LogP contribution < -0.4 is 0 Å². The minimum atomic E-state index is -3.58. The third kappa shape index (κ3) is 2.82. The van der Waals surface area contributed by atoms with Gasteiger partial charge in [0, 0.05) is 6.07 Å². The topological polar surface area (TPSA) is 97.5 Å². The quantitative estimate of drug-likeness (QED) is 0.915. The van der Waals surface area contributed by atoms with E-state index in [0.29, 0.717) is 5.56 Å². The molecule has 0 saturated heterocycles. The number of aromatic nitrogens is 1. The molecule has 0 aliphatic carbocycles. The minimum Gasteiger partial charge on any atom is -0.476 e. The molecule has 19 heavy (non-hydrogen) atoms. The zero-order valence-electron chi connectivity index (χ0n) is 10.0. The molecule has 100 valence electrons. The van der Waals surface area contributed by atoms with Crippen LogP contribution in [0.4, 0.5) is 0 Å². The largest absolute Gasteiger partial charge is 0.476 e. The SMILES string of the molecule is Cc1ccccc1S(=O)(=O)Cc1cc(C(=O)O)no1. The van der Waals surface area contributed by atoms with Crippen molar-refractivity contribution in [2.24, 2.45) is 0 Å². The van der Waals surface area contributed by atoms with Crippen LogP contribution in [0.3, 0.4) is 0 Å². The van der Waals surface area contributed by atoms with Gasteiger partial charge in [-0.05, 0) is 18.6 Å². The highest BCUT2D eigenvalue weighted by atomic mass is 32.2. The van der Waals surface area contributed by atoms with Gasteiger partial charge in [-0.25, -0.2) is 13.2 Å². The highest BCUT2D eigenvalue weighted by Gasteiger charge is 2.21. The van der Waals surface area contributed by atoms with E-state index in [-0.39, 0.29) is 16.3 Å². The Morgan fingerprint density at radius 1 is 1.37 bits per heavy atom. The third-order valence-corrected chi connectivity index (χ3v) is 4.33. The normalized spacial score (nSPS) is 11.4. The summed E-state index contributed by atoms with van der Waals surface area (Å²) in [6.45, 7) is 1.69. The van der Waals surface area contributed by atoms with Gasteiger partial charge in [-0.1, -0.05) is 23.4 Å². The number of benzene rings is 1. The second kappa shape index (κ2) is 4.85. The van der Waals surface area contributed by atoms with Crippen molar-refractivity contribution in [2.45, 2.75) is 17.6 Å². The highest BCUT2D eigenvalue weighted by Crippen LogP contribution is 2.20. The lowest BCUT2D eigenvalue weighted by molar-refractivity contribution is 0.0685. The number of hydrogen-bond donors (Lipinski definition) is 1. The Kier molecular flexibility index (Phi) is 3.39. The molecular weight excluding hydrogens is 270 g/mol. The maximum Gasteiger partial charge on any atom is 0.358 e. The summed E-state index contributed by atoms with van der Waals surface area (Å²) >= 11 is 0. The molecule has 1 aromatic carbocycles. The summed E-state index contributed by atoms with van der Waals surface area (Å²) in [4.78, 5) is 10.8. The van der Waals surface area contributed by atoms with E-state index in [9.17, 15) is 13.2 Å². The first-order valence-corrected chi connectivity index (χ1v) is 7.02. The van der Waals surface area contributed by atoms with Gasteiger partial charge < -0.3 is 9.63 Å². The van der Waals surface area contributed by atoms with Crippen molar-refractivity contribution in [1.29, 1.82) is 0 Å². The smallest absolute Gasteiger partial charge is 0.358 e. The van der Waals surface area contributed by atoms with Crippen LogP contribution >= 0.6 is 0 Å². The first kappa shape index (κ1) is 13.3. The Labute approximate surface area is 109 Å². The lowest BCUT2D eigenvalue weighted by atomic mass is 10.2. The van der Waals surface area contributed by atoms with Crippen molar-refractivity contribution in [3.05, 3.63) is 47.3 Å². The molecule has 0 spiro atoms. The molecular formula is C12H11NO5S. The third-order valence-electron chi connectivity index (χ3n) is 2.54. The van der Waals surface area contributed by atoms with Crippen LogP contribution in [0.15, 0.2) is 39.8 Å². The molecule has 0 saturated carbocycles.